The summed E-state index contributed by atoms with van der Waals surface area (Å²) in [5.41, 5.74) is 0.848. The Morgan fingerprint density at radius 1 is 1.40 bits per heavy atom. The topological polar surface area (TPSA) is 92.4 Å². The van der Waals surface area contributed by atoms with Gasteiger partial charge in [0.25, 0.3) is 0 Å². The number of thioether (sulfide) groups is 1. The van der Waals surface area contributed by atoms with Crippen molar-refractivity contribution in [1.82, 2.24) is 5.32 Å². The van der Waals surface area contributed by atoms with Gasteiger partial charge in [0.2, 0.25) is 10.0 Å². The van der Waals surface area contributed by atoms with Crippen LogP contribution in [0.25, 0.3) is 0 Å². The summed E-state index contributed by atoms with van der Waals surface area (Å²) in [4.78, 5) is 0.111. The van der Waals surface area contributed by atoms with E-state index in [2.05, 4.69) is 5.32 Å². The van der Waals surface area contributed by atoms with Crippen LogP contribution in [0.1, 0.15) is 25.5 Å². The first-order valence-corrected chi connectivity index (χ1v) is 9.15. The SMILES string of the molecule is CSC(CO)C(C)NC(C)c1cccc(S(N)(=O)=O)c1. The summed E-state index contributed by atoms with van der Waals surface area (Å²) < 4.78 is 22.7. The first kappa shape index (κ1) is 17.5. The fourth-order valence-corrected chi connectivity index (χ4v) is 3.20. The van der Waals surface area contributed by atoms with Crippen molar-refractivity contribution in [2.45, 2.75) is 36.1 Å². The van der Waals surface area contributed by atoms with Crippen molar-refractivity contribution in [2.75, 3.05) is 12.9 Å². The molecule has 3 unspecified atom stereocenters. The Kier molecular flexibility index (Phi) is 6.47. The molecule has 1 rings (SSSR count). The third-order valence-electron chi connectivity index (χ3n) is 3.24. The van der Waals surface area contributed by atoms with Crippen LogP contribution in [-0.2, 0) is 10.0 Å². The zero-order chi connectivity index (χ0) is 15.3. The molecule has 0 saturated carbocycles. The third kappa shape index (κ3) is 4.75. The highest BCUT2D eigenvalue weighted by Gasteiger charge is 2.18. The summed E-state index contributed by atoms with van der Waals surface area (Å²) in [5, 5.41) is 17.9. The number of hydrogen-bond acceptors (Lipinski definition) is 5. The molecule has 0 aromatic heterocycles. The molecule has 1 aromatic rings. The molecule has 0 aliphatic carbocycles. The summed E-state index contributed by atoms with van der Waals surface area (Å²) >= 11 is 1.59. The van der Waals surface area contributed by atoms with Crippen LogP contribution < -0.4 is 10.5 Å². The number of benzene rings is 1. The monoisotopic (exact) mass is 318 g/mol. The zero-order valence-electron chi connectivity index (χ0n) is 11.9. The minimum Gasteiger partial charge on any atom is -0.395 e. The van der Waals surface area contributed by atoms with Crippen LogP contribution in [0.4, 0.5) is 0 Å². The molecule has 4 N–H and O–H groups in total. The second-order valence-electron chi connectivity index (χ2n) is 4.75. The van der Waals surface area contributed by atoms with Crippen LogP contribution in [0.5, 0.6) is 0 Å². The first-order valence-electron chi connectivity index (χ1n) is 6.32. The van der Waals surface area contributed by atoms with E-state index in [0.29, 0.717) is 0 Å². The average Bonchev–Trinajstić information content (AvgIpc) is 2.39. The molecule has 0 radical (unpaired) electrons. The van der Waals surface area contributed by atoms with Gasteiger partial charge in [-0.1, -0.05) is 12.1 Å². The van der Waals surface area contributed by atoms with Gasteiger partial charge in [-0.05, 0) is 37.8 Å². The van der Waals surface area contributed by atoms with Crippen molar-refractivity contribution < 1.29 is 13.5 Å². The first-order chi connectivity index (χ1) is 9.29. The molecule has 5 nitrogen and oxygen atoms in total. The van der Waals surface area contributed by atoms with E-state index in [9.17, 15) is 13.5 Å². The Balaban J connectivity index is 2.85. The molecule has 0 spiro atoms. The van der Waals surface area contributed by atoms with Crippen LogP contribution in [-0.4, -0.2) is 37.7 Å². The Morgan fingerprint density at radius 2 is 2.05 bits per heavy atom. The second-order valence-corrected chi connectivity index (χ2v) is 7.39. The van der Waals surface area contributed by atoms with E-state index in [1.165, 1.54) is 6.07 Å². The highest BCUT2D eigenvalue weighted by molar-refractivity contribution is 7.99. The van der Waals surface area contributed by atoms with E-state index in [1.54, 1.807) is 23.9 Å². The fourth-order valence-electron chi connectivity index (χ4n) is 2.00. The molecule has 0 amide bonds. The predicted molar refractivity (Wildman–Crippen MR) is 83.2 cm³/mol. The smallest absolute Gasteiger partial charge is 0.238 e. The van der Waals surface area contributed by atoms with E-state index in [-0.39, 0.29) is 28.8 Å². The fraction of sp³-hybridized carbons (Fsp3) is 0.538. The molecule has 3 atom stereocenters. The minimum atomic E-state index is -3.68. The number of rotatable bonds is 7. The normalized spacial score (nSPS) is 16.6. The van der Waals surface area contributed by atoms with Gasteiger partial charge in [-0.2, -0.15) is 11.8 Å². The van der Waals surface area contributed by atoms with Crippen LogP contribution in [0.2, 0.25) is 0 Å². The largest absolute Gasteiger partial charge is 0.395 e. The summed E-state index contributed by atoms with van der Waals surface area (Å²) in [6, 6.07) is 6.65. The van der Waals surface area contributed by atoms with Gasteiger partial charge in [-0.25, -0.2) is 13.6 Å². The quantitative estimate of drug-likeness (QED) is 0.700. The van der Waals surface area contributed by atoms with Crippen molar-refractivity contribution >= 4 is 21.8 Å². The van der Waals surface area contributed by atoms with Crippen molar-refractivity contribution in [3.63, 3.8) is 0 Å². The molecule has 1 aromatic carbocycles. The molecule has 0 heterocycles. The molecule has 20 heavy (non-hydrogen) atoms. The Hall–Kier alpha value is -0.600. The standard InChI is InChI=1S/C13H22N2O3S2/c1-9(15-10(2)13(8-16)19-3)11-5-4-6-12(7-11)20(14,17)18/h4-7,9-10,13,15-16H,8H2,1-3H3,(H2,14,17,18). The van der Waals surface area contributed by atoms with E-state index in [1.807, 2.05) is 26.2 Å². The highest BCUT2D eigenvalue weighted by Crippen LogP contribution is 2.19. The molecule has 0 bridgehead atoms. The summed E-state index contributed by atoms with van der Waals surface area (Å²) in [6.07, 6.45) is 1.95. The van der Waals surface area contributed by atoms with Gasteiger partial charge in [0.05, 0.1) is 11.5 Å². The lowest BCUT2D eigenvalue weighted by atomic mass is 10.1. The van der Waals surface area contributed by atoms with Gasteiger partial charge in [0, 0.05) is 17.3 Å². The maximum Gasteiger partial charge on any atom is 0.238 e. The molecule has 0 aliphatic rings. The highest BCUT2D eigenvalue weighted by atomic mass is 32.2. The minimum absolute atomic E-state index is 0.0344. The van der Waals surface area contributed by atoms with E-state index < -0.39 is 10.0 Å². The number of primary sulfonamides is 1. The molecule has 114 valence electrons. The molecule has 0 aliphatic heterocycles. The van der Waals surface area contributed by atoms with Crippen molar-refractivity contribution in [2.24, 2.45) is 5.14 Å². The number of nitrogens with two attached hydrogens (primary N) is 1. The Bertz CT molecular complexity index is 530. The maximum absolute atomic E-state index is 11.4. The Morgan fingerprint density at radius 3 is 2.55 bits per heavy atom. The third-order valence-corrected chi connectivity index (χ3v) is 5.31. The summed E-state index contributed by atoms with van der Waals surface area (Å²) in [7, 11) is -3.68. The number of nitrogens with one attached hydrogen (secondary N) is 1. The Labute approximate surface area is 125 Å². The summed E-state index contributed by atoms with van der Waals surface area (Å²) in [5.74, 6) is 0. The van der Waals surface area contributed by atoms with E-state index in [0.717, 1.165) is 5.56 Å². The molecular formula is C13H22N2O3S2. The van der Waals surface area contributed by atoms with Gasteiger partial charge >= 0.3 is 0 Å². The molecule has 7 heteroatoms. The second kappa shape index (κ2) is 7.42. The van der Waals surface area contributed by atoms with Gasteiger partial charge < -0.3 is 10.4 Å². The summed E-state index contributed by atoms with van der Waals surface area (Å²) in [6.45, 7) is 4.05. The number of sulfonamides is 1. The lowest BCUT2D eigenvalue weighted by Gasteiger charge is -2.25. The van der Waals surface area contributed by atoms with Crippen molar-refractivity contribution in [3.8, 4) is 0 Å². The van der Waals surface area contributed by atoms with Crippen LogP contribution in [0.3, 0.4) is 0 Å². The number of hydrogen-bond donors (Lipinski definition) is 3. The molecule has 0 saturated heterocycles. The van der Waals surface area contributed by atoms with Crippen LogP contribution >= 0.6 is 11.8 Å². The van der Waals surface area contributed by atoms with E-state index >= 15 is 0 Å². The number of aliphatic hydroxyl groups excluding tert-OH is 1. The maximum atomic E-state index is 11.4. The van der Waals surface area contributed by atoms with Gasteiger partial charge in [0.1, 0.15) is 0 Å². The van der Waals surface area contributed by atoms with Crippen LogP contribution in [0.15, 0.2) is 29.2 Å². The molecular weight excluding hydrogens is 296 g/mol. The average molecular weight is 318 g/mol. The van der Waals surface area contributed by atoms with Crippen LogP contribution in [0, 0.1) is 0 Å². The lowest BCUT2D eigenvalue weighted by Crippen LogP contribution is -2.39. The lowest BCUT2D eigenvalue weighted by molar-refractivity contribution is 0.272. The van der Waals surface area contributed by atoms with Gasteiger partial charge in [-0.3, -0.25) is 0 Å². The van der Waals surface area contributed by atoms with Crippen molar-refractivity contribution in [3.05, 3.63) is 29.8 Å². The molecule has 0 fully saturated rings. The van der Waals surface area contributed by atoms with Crippen molar-refractivity contribution in [1.29, 1.82) is 0 Å². The zero-order valence-corrected chi connectivity index (χ0v) is 13.5. The van der Waals surface area contributed by atoms with Gasteiger partial charge in [0.15, 0.2) is 0 Å². The van der Waals surface area contributed by atoms with Gasteiger partial charge in [-0.15, -0.1) is 0 Å². The number of aliphatic hydroxyl groups is 1. The van der Waals surface area contributed by atoms with E-state index in [4.69, 9.17) is 5.14 Å². The predicted octanol–water partition coefficient (Wildman–Crippen LogP) is 1.10.